The summed E-state index contributed by atoms with van der Waals surface area (Å²) < 4.78 is 5.85. The smallest absolute Gasteiger partial charge is 0.271 e. The van der Waals surface area contributed by atoms with Crippen LogP contribution >= 0.6 is 0 Å². The van der Waals surface area contributed by atoms with Gasteiger partial charge in [0.25, 0.3) is 5.91 Å². The van der Waals surface area contributed by atoms with Gasteiger partial charge in [0, 0.05) is 18.0 Å². The van der Waals surface area contributed by atoms with Crippen LogP contribution in [0.4, 0.5) is 0 Å². The highest BCUT2D eigenvalue weighted by molar-refractivity contribution is 5.94. The molecule has 26 heavy (non-hydrogen) atoms. The van der Waals surface area contributed by atoms with Crippen LogP contribution < -0.4 is 10.2 Å². The van der Waals surface area contributed by atoms with Crippen LogP contribution in [0.5, 0.6) is 5.75 Å². The predicted molar refractivity (Wildman–Crippen MR) is 101 cm³/mol. The third kappa shape index (κ3) is 4.77. The number of ether oxygens (including phenoxy) is 1. The maximum Gasteiger partial charge on any atom is 0.271 e. The number of pyridine rings is 1. The van der Waals surface area contributed by atoms with E-state index in [9.17, 15) is 4.79 Å². The molecule has 0 fully saturated rings. The van der Waals surface area contributed by atoms with Gasteiger partial charge in [0.1, 0.15) is 12.4 Å². The van der Waals surface area contributed by atoms with E-state index in [0.717, 1.165) is 16.9 Å². The third-order valence-electron chi connectivity index (χ3n) is 3.84. The first-order chi connectivity index (χ1) is 12.7. The van der Waals surface area contributed by atoms with Crippen molar-refractivity contribution < 1.29 is 9.53 Å². The van der Waals surface area contributed by atoms with Crippen LogP contribution in [0.3, 0.4) is 0 Å². The normalized spacial score (nSPS) is 10.7. The first kappa shape index (κ1) is 17.4. The van der Waals surface area contributed by atoms with Crippen LogP contribution in [-0.4, -0.2) is 17.1 Å². The Bertz CT molecular complexity index is 908. The second kappa shape index (κ2) is 8.58. The number of carbonyl (C=O) groups is 1. The van der Waals surface area contributed by atoms with Crippen molar-refractivity contribution in [2.24, 2.45) is 5.10 Å². The Hall–Kier alpha value is -3.47. The number of carbonyl (C=O) groups excluding carboxylic acids is 1. The van der Waals surface area contributed by atoms with Gasteiger partial charge in [-0.2, -0.15) is 5.10 Å². The number of aryl methyl sites for hydroxylation is 1. The first-order valence-corrected chi connectivity index (χ1v) is 8.23. The summed E-state index contributed by atoms with van der Waals surface area (Å²) in [5, 5.41) is 3.99. The molecule has 0 aliphatic carbocycles. The minimum atomic E-state index is -0.282. The Balaban J connectivity index is 1.58. The quantitative estimate of drug-likeness (QED) is 0.547. The molecule has 5 nitrogen and oxygen atoms in total. The molecule has 1 heterocycles. The summed E-state index contributed by atoms with van der Waals surface area (Å²) >= 11 is 0. The fraction of sp³-hybridized carbons (Fsp3) is 0.0952. The Morgan fingerprint density at radius 1 is 1.12 bits per heavy atom. The van der Waals surface area contributed by atoms with Gasteiger partial charge < -0.3 is 4.74 Å². The number of aromatic nitrogens is 1. The molecule has 2 aromatic carbocycles. The van der Waals surface area contributed by atoms with E-state index in [1.807, 2.05) is 36.4 Å². The molecule has 5 heteroatoms. The number of rotatable bonds is 6. The molecule has 130 valence electrons. The Kier molecular flexibility index (Phi) is 5.72. The van der Waals surface area contributed by atoms with Gasteiger partial charge in [-0.05, 0) is 47.9 Å². The summed E-state index contributed by atoms with van der Waals surface area (Å²) in [5.74, 6) is 0.466. The molecular weight excluding hydrogens is 326 g/mol. The molecule has 1 amide bonds. The zero-order chi connectivity index (χ0) is 18.2. The van der Waals surface area contributed by atoms with Gasteiger partial charge in [-0.3, -0.25) is 9.78 Å². The van der Waals surface area contributed by atoms with E-state index in [4.69, 9.17) is 4.74 Å². The predicted octanol–water partition coefficient (Wildman–Crippen LogP) is 3.73. The van der Waals surface area contributed by atoms with Crippen molar-refractivity contribution in [3.63, 3.8) is 0 Å². The van der Waals surface area contributed by atoms with E-state index in [1.165, 1.54) is 5.56 Å². The Morgan fingerprint density at radius 3 is 2.73 bits per heavy atom. The topological polar surface area (TPSA) is 63.6 Å². The number of benzene rings is 2. The van der Waals surface area contributed by atoms with E-state index in [2.05, 4.69) is 34.6 Å². The summed E-state index contributed by atoms with van der Waals surface area (Å²) in [6, 6.07) is 18.9. The number of nitrogens with zero attached hydrogens (tertiary/aromatic N) is 2. The van der Waals surface area contributed by atoms with Gasteiger partial charge in [-0.1, -0.05) is 36.4 Å². The van der Waals surface area contributed by atoms with Crippen molar-refractivity contribution in [1.82, 2.24) is 10.4 Å². The van der Waals surface area contributed by atoms with E-state index in [1.54, 1.807) is 30.7 Å². The van der Waals surface area contributed by atoms with Crippen LogP contribution in [0, 0.1) is 6.92 Å². The van der Waals surface area contributed by atoms with Crippen molar-refractivity contribution in [1.29, 1.82) is 0 Å². The second-order valence-corrected chi connectivity index (χ2v) is 5.72. The largest absolute Gasteiger partial charge is 0.489 e. The fourth-order valence-electron chi connectivity index (χ4n) is 2.35. The van der Waals surface area contributed by atoms with Crippen molar-refractivity contribution >= 4 is 12.1 Å². The van der Waals surface area contributed by atoms with Gasteiger partial charge in [0.05, 0.1) is 6.21 Å². The fourth-order valence-corrected chi connectivity index (χ4v) is 2.35. The molecular formula is C21H19N3O2. The minimum Gasteiger partial charge on any atom is -0.489 e. The number of hydrazone groups is 1. The highest BCUT2D eigenvalue weighted by atomic mass is 16.5. The van der Waals surface area contributed by atoms with Crippen molar-refractivity contribution in [2.75, 3.05) is 0 Å². The van der Waals surface area contributed by atoms with E-state index >= 15 is 0 Å². The summed E-state index contributed by atoms with van der Waals surface area (Å²) in [6.07, 6.45) is 4.71. The summed E-state index contributed by atoms with van der Waals surface area (Å²) in [7, 11) is 0. The monoisotopic (exact) mass is 345 g/mol. The van der Waals surface area contributed by atoms with Gasteiger partial charge in [-0.25, -0.2) is 5.43 Å². The zero-order valence-electron chi connectivity index (χ0n) is 14.4. The molecule has 3 aromatic rings. The lowest BCUT2D eigenvalue weighted by molar-refractivity contribution is 0.0955. The standard InChI is InChI=1S/C21H19N3O2/c1-16-5-2-3-7-19(16)15-26-20-8-4-6-17(13-20)14-23-24-21(25)18-9-11-22-12-10-18/h2-14H,15H2,1H3,(H,24,25)/b23-14+. The molecule has 0 bridgehead atoms. The highest BCUT2D eigenvalue weighted by Crippen LogP contribution is 2.15. The van der Waals surface area contributed by atoms with Crippen LogP contribution in [0.2, 0.25) is 0 Å². The molecule has 0 radical (unpaired) electrons. The molecule has 3 rings (SSSR count). The molecule has 0 aliphatic rings. The van der Waals surface area contributed by atoms with Crippen molar-refractivity contribution in [3.05, 3.63) is 95.3 Å². The van der Waals surface area contributed by atoms with Crippen LogP contribution in [-0.2, 0) is 6.61 Å². The average molecular weight is 345 g/mol. The maximum atomic E-state index is 11.9. The molecule has 0 saturated carbocycles. The highest BCUT2D eigenvalue weighted by Gasteiger charge is 2.02. The number of nitrogens with one attached hydrogen (secondary N) is 1. The molecule has 0 spiro atoms. The van der Waals surface area contributed by atoms with Gasteiger partial charge in [-0.15, -0.1) is 0 Å². The molecule has 1 aromatic heterocycles. The van der Waals surface area contributed by atoms with E-state index < -0.39 is 0 Å². The number of hydrogen-bond acceptors (Lipinski definition) is 4. The third-order valence-corrected chi connectivity index (χ3v) is 3.84. The van der Waals surface area contributed by atoms with E-state index in [0.29, 0.717) is 12.2 Å². The number of amides is 1. The first-order valence-electron chi connectivity index (χ1n) is 8.23. The van der Waals surface area contributed by atoms with Crippen LogP contribution in [0.1, 0.15) is 27.0 Å². The SMILES string of the molecule is Cc1ccccc1COc1cccc(/C=N/NC(=O)c2ccncc2)c1. The Labute approximate surface area is 152 Å². The molecule has 0 saturated heterocycles. The lowest BCUT2D eigenvalue weighted by Gasteiger charge is -2.09. The lowest BCUT2D eigenvalue weighted by Crippen LogP contribution is -2.17. The maximum absolute atomic E-state index is 11.9. The minimum absolute atomic E-state index is 0.282. The molecule has 0 atom stereocenters. The summed E-state index contributed by atoms with van der Waals surface area (Å²) in [6.45, 7) is 2.57. The average Bonchev–Trinajstić information content (AvgIpc) is 2.68. The van der Waals surface area contributed by atoms with Gasteiger partial charge in [0.2, 0.25) is 0 Å². The van der Waals surface area contributed by atoms with Gasteiger partial charge >= 0.3 is 0 Å². The van der Waals surface area contributed by atoms with Gasteiger partial charge in [0.15, 0.2) is 0 Å². The molecule has 1 N–H and O–H groups in total. The van der Waals surface area contributed by atoms with Crippen molar-refractivity contribution in [2.45, 2.75) is 13.5 Å². The second-order valence-electron chi connectivity index (χ2n) is 5.72. The van der Waals surface area contributed by atoms with E-state index in [-0.39, 0.29) is 5.91 Å². The molecule has 0 aliphatic heterocycles. The summed E-state index contributed by atoms with van der Waals surface area (Å²) in [5.41, 5.74) is 6.18. The molecule has 0 unspecified atom stereocenters. The summed E-state index contributed by atoms with van der Waals surface area (Å²) in [4.78, 5) is 15.8. The lowest BCUT2D eigenvalue weighted by atomic mass is 10.1. The van der Waals surface area contributed by atoms with Crippen LogP contribution in [0.15, 0.2) is 78.2 Å². The van der Waals surface area contributed by atoms with Crippen LogP contribution in [0.25, 0.3) is 0 Å². The number of hydrogen-bond donors (Lipinski definition) is 1. The zero-order valence-corrected chi connectivity index (χ0v) is 14.4. The Morgan fingerprint density at radius 2 is 1.92 bits per heavy atom. The van der Waals surface area contributed by atoms with Crippen molar-refractivity contribution in [3.8, 4) is 5.75 Å².